The SMILES string of the molecule is CC(C)(c1ccc(C#Cc2ccccc2)c(C(=O)O)c1)c1ccc(C#Cc2ccccc2)c(C(=O)O)c1. The first-order chi connectivity index (χ1) is 17.8. The molecular formula is C33H24O4. The lowest BCUT2D eigenvalue weighted by Crippen LogP contribution is -2.21. The van der Waals surface area contributed by atoms with Crippen LogP contribution in [0, 0.1) is 23.7 Å². The van der Waals surface area contributed by atoms with Crippen LogP contribution >= 0.6 is 0 Å². The summed E-state index contributed by atoms with van der Waals surface area (Å²) < 4.78 is 0. The maximum Gasteiger partial charge on any atom is 0.336 e. The van der Waals surface area contributed by atoms with Crippen molar-refractivity contribution in [3.05, 3.63) is 142 Å². The number of aromatic carboxylic acids is 2. The van der Waals surface area contributed by atoms with Gasteiger partial charge in [0.25, 0.3) is 0 Å². The van der Waals surface area contributed by atoms with E-state index in [0.717, 1.165) is 22.3 Å². The highest BCUT2D eigenvalue weighted by atomic mass is 16.4. The average molecular weight is 485 g/mol. The molecule has 0 saturated heterocycles. The lowest BCUT2D eigenvalue weighted by atomic mass is 9.76. The molecular weight excluding hydrogens is 460 g/mol. The Morgan fingerprint density at radius 1 is 0.568 bits per heavy atom. The molecule has 0 fully saturated rings. The van der Waals surface area contributed by atoms with Crippen LogP contribution in [-0.2, 0) is 5.41 Å². The quantitative estimate of drug-likeness (QED) is 0.338. The van der Waals surface area contributed by atoms with Gasteiger partial charge in [-0.3, -0.25) is 0 Å². The third kappa shape index (κ3) is 5.78. The van der Waals surface area contributed by atoms with Crippen molar-refractivity contribution in [3.63, 3.8) is 0 Å². The molecule has 0 aliphatic carbocycles. The molecule has 4 aromatic carbocycles. The molecule has 0 aromatic heterocycles. The van der Waals surface area contributed by atoms with Crippen molar-refractivity contribution in [1.29, 1.82) is 0 Å². The molecule has 2 N–H and O–H groups in total. The molecule has 37 heavy (non-hydrogen) atoms. The highest BCUT2D eigenvalue weighted by Crippen LogP contribution is 2.34. The summed E-state index contributed by atoms with van der Waals surface area (Å²) in [7, 11) is 0. The summed E-state index contributed by atoms with van der Waals surface area (Å²) in [5.74, 6) is 9.79. The van der Waals surface area contributed by atoms with E-state index in [2.05, 4.69) is 23.7 Å². The average Bonchev–Trinajstić information content (AvgIpc) is 2.91. The summed E-state index contributed by atoms with van der Waals surface area (Å²) in [4.78, 5) is 24.1. The number of carboxylic acid groups (broad SMARTS) is 2. The molecule has 4 heteroatoms. The van der Waals surface area contributed by atoms with Crippen molar-refractivity contribution in [1.82, 2.24) is 0 Å². The second-order valence-corrected chi connectivity index (χ2v) is 8.99. The van der Waals surface area contributed by atoms with E-state index in [1.807, 2.05) is 86.6 Å². The molecule has 0 aliphatic rings. The van der Waals surface area contributed by atoms with Crippen LogP contribution in [0.15, 0.2) is 97.1 Å². The molecule has 4 rings (SSSR count). The number of carboxylic acids is 2. The summed E-state index contributed by atoms with van der Waals surface area (Å²) in [6.45, 7) is 3.86. The Morgan fingerprint density at radius 3 is 1.30 bits per heavy atom. The van der Waals surface area contributed by atoms with E-state index in [4.69, 9.17) is 0 Å². The van der Waals surface area contributed by atoms with Gasteiger partial charge in [-0.1, -0.05) is 86.1 Å². The molecule has 0 saturated carbocycles. The molecule has 0 radical (unpaired) electrons. The lowest BCUT2D eigenvalue weighted by Gasteiger charge is -2.27. The van der Waals surface area contributed by atoms with E-state index in [0.29, 0.717) is 11.1 Å². The molecule has 0 amide bonds. The summed E-state index contributed by atoms with van der Waals surface area (Å²) in [5, 5.41) is 19.7. The van der Waals surface area contributed by atoms with Gasteiger partial charge in [-0.2, -0.15) is 0 Å². The number of hydrogen-bond acceptors (Lipinski definition) is 2. The molecule has 180 valence electrons. The fraction of sp³-hybridized carbons (Fsp3) is 0.0909. The minimum atomic E-state index is -1.08. The van der Waals surface area contributed by atoms with Gasteiger partial charge in [-0.05, 0) is 59.7 Å². The van der Waals surface area contributed by atoms with E-state index in [-0.39, 0.29) is 11.1 Å². The monoisotopic (exact) mass is 484 g/mol. The van der Waals surface area contributed by atoms with Crippen molar-refractivity contribution >= 4 is 11.9 Å². The van der Waals surface area contributed by atoms with Gasteiger partial charge in [0.1, 0.15) is 0 Å². The molecule has 0 atom stereocenters. The van der Waals surface area contributed by atoms with Crippen LogP contribution in [0.5, 0.6) is 0 Å². The predicted octanol–water partition coefficient (Wildman–Crippen LogP) is 6.21. The van der Waals surface area contributed by atoms with Crippen LogP contribution in [0.4, 0.5) is 0 Å². The first kappa shape index (κ1) is 25.0. The van der Waals surface area contributed by atoms with Crippen molar-refractivity contribution in [2.45, 2.75) is 19.3 Å². The highest BCUT2D eigenvalue weighted by molar-refractivity contribution is 5.92. The van der Waals surface area contributed by atoms with E-state index >= 15 is 0 Å². The zero-order valence-corrected chi connectivity index (χ0v) is 20.4. The molecule has 0 aliphatic heterocycles. The molecule has 0 heterocycles. The zero-order chi connectivity index (χ0) is 26.4. The van der Waals surface area contributed by atoms with Crippen LogP contribution in [0.3, 0.4) is 0 Å². The summed E-state index contributed by atoms with van der Waals surface area (Å²) in [5.41, 5.74) is 3.38. The maximum absolute atomic E-state index is 12.1. The number of hydrogen-bond donors (Lipinski definition) is 2. The highest BCUT2D eigenvalue weighted by Gasteiger charge is 2.26. The normalized spacial score (nSPS) is 10.4. The largest absolute Gasteiger partial charge is 0.478 e. The minimum absolute atomic E-state index is 0.0952. The third-order valence-electron chi connectivity index (χ3n) is 6.17. The van der Waals surface area contributed by atoms with Gasteiger partial charge in [-0.25, -0.2) is 9.59 Å². The van der Waals surface area contributed by atoms with Crippen molar-refractivity contribution < 1.29 is 19.8 Å². The van der Waals surface area contributed by atoms with Crippen LogP contribution in [0.25, 0.3) is 0 Å². The summed E-state index contributed by atoms with van der Waals surface area (Å²) in [6.07, 6.45) is 0. The number of benzene rings is 4. The molecule has 0 bridgehead atoms. The Labute approximate surface area is 216 Å². The number of carbonyl (C=O) groups is 2. The Balaban J connectivity index is 1.72. The van der Waals surface area contributed by atoms with Crippen LogP contribution in [0.1, 0.15) is 67.9 Å². The molecule has 4 nitrogen and oxygen atoms in total. The topological polar surface area (TPSA) is 74.6 Å². The smallest absolute Gasteiger partial charge is 0.336 e. The second-order valence-electron chi connectivity index (χ2n) is 8.99. The van der Waals surface area contributed by atoms with Crippen LogP contribution in [-0.4, -0.2) is 22.2 Å². The van der Waals surface area contributed by atoms with Gasteiger partial charge < -0.3 is 10.2 Å². The van der Waals surface area contributed by atoms with Crippen molar-refractivity contribution in [2.75, 3.05) is 0 Å². The van der Waals surface area contributed by atoms with Crippen molar-refractivity contribution in [3.8, 4) is 23.7 Å². The maximum atomic E-state index is 12.1. The van der Waals surface area contributed by atoms with Gasteiger partial charge in [0.2, 0.25) is 0 Å². The first-order valence-electron chi connectivity index (χ1n) is 11.7. The van der Waals surface area contributed by atoms with Crippen molar-refractivity contribution in [2.24, 2.45) is 0 Å². The Kier molecular flexibility index (Phi) is 7.23. The van der Waals surface area contributed by atoms with Crippen LogP contribution < -0.4 is 0 Å². The zero-order valence-electron chi connectivity index (χ0n) is 20.4. The lowest BCUT2D eigenvalue weighted by molar-refractivity contribution is 0.0685. The first-order valence-corrected chi connectivity index (χ1v) is 11.7. The second kappa shape index (κ2) is 10.7. The van der Waals surface area contributed by atoms with E-state index in [1.54, 1.807) is 24.3 Å². The predicted molar refractivity (Wildman–Crippen MR) is 144 cm³/mol. The standard InChI is InChI=1S/C33H24O4/c1-33(2,27-19-17-25(29(21-27)31(34)35)15-13-23-9-5-3-6-10-23)28-20-18-26(30(22-28)32(36)37)16-14-24-11-7-4-8-12-24/h3-12,17-22H,1-2H3,(H,34,35)(H,36,37). The minimum Gasteiger partial charge on any atom is -0.478 e. The fourth-order valence-electron chi connectivity index (χ4n) is 3.93. The summed E-state index contributed by atoms with van der Waals surface area (Å²) >= 11 is 0. The van der Waals surface area contributed by atoms with Gasteiger partial charge >= 0.3 is 11.9 Å². The van der Waals surface area contributed by atoms with E-state index < -0.39 is 17.4 Å². The van der Waals surface area contributed by atoms with Gasteiger partial charge in [0.05, 0.1) is 11.1 Å². The number of rotatable bonds is 4. The molecule has 0 spiro atoms. The summed E-state index contributed by atoms with van der Waals surface area (Å²) in [6, 6.07) is 29.0. The molecule has 4 aromatic rings. The van der Waals surface area contributed by atoms with Gasteiger partial charge in [-0.15, -0.1) is 0 Å². The van der Waals surface area contributed by atoms with E-state index in [9.17, 15) is 19.8 Å². The fourth-order valence-corrected chi connectivity index (χ4v) is 3.93. The molecule has 0 unspecified atom stereocenters. The van der Waals surface area contributed by atoms with Gasteiger partial charge in [0.15, 0.2) is 0 Å². The van der Waals surface area contributed by atoms with E-state index in [1.165, 1.54) is 0 Å². The Bertz CT molecular complexity index is 1470. The Morgan fingerprint density at radius 2 is 0.946 bits per heavy atom. The Hall–Kier alpha value is -5.06. The third-order valence-corrected chi connectivity index (χ3v) is 6.17. The van der Waals surface area contributed by atoms with Gasteiger partial charge in [0, 0.05) is 27.7 Å². The van der Waals surface area contributed by atoms with Crippen LogP contribution in [0.2, 0.25) is 0 Å².